The van der Waals surface area contributed by atoms with Crippen molar-refractivity contribution in [2.24, 2.45) is 23.1 Å². The Kier molecular flexibility index (Phi) is 14.3. The van der Waals surface area contributed by atoms with Crippen molar-refractivity contribution < 1.29 is 29.1 Å². The molecule has 0 saturated heterocycles. The third kappa shape index (κ3) is 11.9. The molecule has 0 aliphatic heterocycles. The van der Waals surface area contributed by atoms with Crippen LogP contribution in [0, 0.1) is 5.92 Å². The zero-order valence-electron chi connectivity index (χ0n) is 18.5. The standard InChI is InChI=1S/C19H36N6O6S/c1-10(2)7-11(21)16(27)25-14(9-32)18(29)24-13(8-15(22)26)17(28)23-12(19(30)31)5-3-4-6-20/h10-14,32H,3-9,20-21H2,1-2H3,(H2,22,26)(H,23,28)(H,24,29)(H,25,27)(H,30,31). The number of amides is 4. The third-order valence-corrected chi connectivity index (χ3v) is 4.84. The summed E-state index contributed by atoms with van der Waals surface area (Å²) in [7, 11) is 0. The fourth-order valence-electron chi connectivity index (χ4n) is 2.79. The van der Waals surface area contributed by atoms with Crippen LogP contribution >= 0.6 is 12.6 Å². The van der Waals surface area contributed by atoms with Crippen molar-refractivity contribution in [2.75, 3.05) is 12.3 Å². The molecule has 0 spiro atoms. The van der Waals surface area contributed by atoms with Crippen LogP contribution in [-0.2, 0) is 24.0 Å². The molecule has 0 bridgehead atoms. The molecule has 0 aliphatic rings. The lowest BCUT2D eigenvalue weighted by Crippen LogP contribution is -2.58. The lowest BCUT2D eigenvalue weighted by Gasteiger charge is -2.24. The molecule has 4 atom stereocenters. The number of nitrogens with one attached hydrogen (secondary N) is 3. The van der Waals surface area contributed by atoms with Gasteiger partial charge in [0.05, 0.1) is 12.5 Å². The second-order valence-corrected chi connectivity index (χ2v) is 8.26. The van der Waals surface area contributed by atoms with E-state index in [9.17, 15) is 29.1 Å². The van der Waals surface area contributed by atoms with Gasteiger partial charge in [-0.15, -0.1) is 0 Å². The highest BCUT2D eigenvalue weighted by Gasteiger charge is 2.30. The van der Waals surface area contributed by atoms with E-state index in [0.29, 0.717) is 25.8 Å². The largest absolute Gasteiger partial charge is 0.480 e. The summed E-state index contributed by atoms with van der Waals surface area (Å²) >= 11 is 4.05. The zero-order valence-corrected chi connectivity index (χ0v) is 19.4. The SMILES string of the molecule is CC(C)CC(N)C(=O)NC(CS)C(=O)NC(CC(N)=O)C(=O)NC(CCCCN)C(=O)O. The highest BCUT2D eigenvalue weighted by molar-refractivity contribution is 7.80. The van der Waals surface area contributed by atoms with Crippen molar-refractivity contribution in [3.05, 3.63) is 0 Å². The minimum Gasteiger partial charge on any atom is -0.480 e. The topological polar surface area (TPSA) is 220 Å². The molecule has 0 saturated carbocycles. The van der Waals surface area contributed by atoms with E-state index in [1.165, 1.54) is 0 Å². The number of nitrogens with two attached hydrogens (primary N) is 3. The Morgan fingerprint density at radius 1 is 0.906 bits per heavy atom. The molecule has 12 nitrogen and oxygen atoms in total. The normalized spacial score (nSPS) is 14.7. The number of carboxylic acids is 1. The van der Waals surface area contributed by atoms with Gasteiger partial charge < -0.3 is 38.3 Å². The van der Waals surface area contributed by atoms with Crippen LogP contribution < -0.4 is 33.2 Å². The quantitative estimate of drug-likeness (QED) is 0.0902. The lowest BCUT2D eigenvalue weighted by atomic mass is 10.0. The predicted octanol–water partition coefficient (Wildman–Crippen LogP) is -2.17. The van der Waals surface area contributed by atoms with Gasteiger partial charge in [-0.05, 0) is 38.1 Å². The van der Waals surface area contributed by atoms with Crippen molar-refractivity contribution >= 4 is 42.2 Å². The van der Waals surface area contributed by atoms with Crippen LogP contribution in [-0.4, -0.2) is 71.2 Å². The van der Waals surface area contributed by atoms with Gasteiger partial charge in [0.15, 0.2) is 0 Å². The Balaban J connectivity index is 5.22. The van der Waals surface area contributed by atoms with E-state index >= 15 is 0 Å². The van der Waals surface area contributed by atoms with Crippen LogP contribution in [0.15, 0.2) is 0 Å². The summed E-state index contributed by atoms with van der Waals surface area (Å²) in [5.74, 6) is -4.33. The molecule has 0 aliphatic carbocycles. The number of thiol groups is 1. The maximum Gasteiger partial charge on any atom is 0.326 e. The molecular formula is C19H36N6O6S. The van der Waals surface area contributed by atoms with Crippen molar-refractivity contribution in [1.82, 2.24) is 16.0 Å². The number of rotatable bonds is 16. The minimum atomic E-state index is -1.43. The molecule has 4 unspecified atom stereocenters. The molecule has 184 valence electrons. The molecule has 0 aromatic carbocycles. The highest BCUT2D eigenvalue weighted by Crippen LogP contribution is 2.05. The maximum atomic E-state index is 12.6. The van der Waals surface area contributed by atoms with E-state index in [2.05, 4.69) is 28.6 Å². The van der Waals surface area contributed by atoms with Crippen LogP contribution in [0.1, 0.15) is 46.0 Å². The number of primary amides is 1. The van der Waals surface area contributed by atoms with E-state index in [4.69, 9.17) is 17.2 Å². The Bertz CT molecular complexity index is 662. The Hall–Kier alpha value is -2.38. The Labute approximate surface area is 193 Å². The smallest absolute Gasteiger partial charge is 0.326 e. The molecule has 0 heterocycles. The molecule has 0 rings (SSSR count). The fourth-order valence-corrected chi connectivity index (χ4v) is 3.05. The summed E-state index contributed by atoms with van der Waals surface area (Å²) < 4.78 is 0. The zero-order chi connectivity index (χ0) is 24.8. The first-order chi connectivity index (χ1) is 14.9. The summed E-state index contributed by atoms with van der Waals surface area (Å²) in [6.45, 7) is 4.16. The van der Waals surface area contributed by atoms with E-state index in [0.717, 1.165) is 0 Å². The average molecular weight is 477 g/mol. The summed E-state index contributed by atoms with van der Waals surface area (Å²) in [6.07, 6.45) is 1.000. The van der Waals surface area contributed by atoms with Gasteiger partial charge >= 0.3 is 5.97 Å². The van der Waals surface area contributed by atoms with Crippen LogP contribution in [0.3, 0.4) is 0 Å². The number of carbonyl (C=O) groups is 5. The molecular weight excluding hydrogens is 440 g/mol. The van der Waals surface area contributed by atoms with Gasteiger partial charge in [0.1, 0.15) is 18.1 Å². The van der Waals surface area contributed by atoms with Gasteiger partial charge in [-0.3, -0.25) is 19.2 Å². The molecule has 4 amide bonds. The van der Waals surface area contributed by atoms with Gasteiger partial charge in [0.25, 0.3) is 0 Å². The number of hydrogen-bond donors (Lipinski definition) is 8. The second kappa shape index (κ2) is 15.4. The molecule has 13 heteroatoms. The number of carbonyl (C=O) groups excluding carboxylic acids is 4. The molecule has 32 heavy (non-hydrogen) atoms. The Morgan fingerprint density at radius 3 is 1.91 bits per heavy atom. The monoisotopic (exact) mass is 476 g/mol. The van der Waals surface area contributed by atoms with E-state index in [1.54, 1.807) is 0 Å². The van der Waals surface area contributed by atoms with E-state index in [-0.39, 0.29) is 18.1 Å². The van der Waals surface area contributed by atoms with Gasteiger partial charge in [-0.2, -0.15) is 12.6 Å². The van der Waals surface area contributed by atoms with Gasteiger partial charge in [0, 0.05) is 5.75 Å². The first kappa shape index (κ1) is 29.6. The minimum absolute atomic E-state index is 0.103. The maximum absolute atomic E-state index is 12.6. The van der Waals surface area contributed by atoms with Crippen LogP contribution in [0.2, 0.25) is 0 Å². The van der Waals surface area contributed by atoms with E-state index in [1.807, 2.05) is 13.8 Å². The molecule has 0 fully saturated rings. The van der Waals surface area contributed by atoms with Crippen molar-refractivity contribution in [2.45, 2.75) is 70.1 Å². The number of hydrogen-bond acceptors (Lipinski definition) is 8. The first-order valence-corrected chi connectivity index (χ1v) is 11.0. The first-order valence-electron chi connectivity index (χ1n) is 10.4. The fraction of sp³-hybridized carbons (Fsp3) is 0.737. The second-order valence-electron chi connectivity index (χ2n) is 7.90. The van der Waals surface area contributed by atoms with Crippen LogP contribution in [0.4, 0.5) is 0 Å². The van der Waals surface area contributed by atoms with Gasteiger partial charge in [0.2, 0.25) is 23.6 Å². The number of aliphatic carboxylic acids is 1. The van der Waals surface area contributed by atoms with Crippen molar-refractivity contribution in [1.29, 1.82) is 0 Å². The summed E-state index contributed by atoms with van der Waals surface area (Å²) in [4.78, 5) is 60.2. The molecule has 0 aromatic heterocycles. The van der Waals surface area contributed by atoms with Crippen molar-refractivity contribution in [3.63, 3.8) is 0 Å². The molecule has 0 radical (unpaired) electrons. The number of carboxylic acid groups (broad SMARTS) is 1. The van der Waals surface area contributed by atoms with Gasteiger partial charge in [-0.25, -0.2) is 4.79 Å². The summed E-state index contributed by atoms with van der Waals surface area (Å²) in [5.41, 5.74) is 16.4. The molecule has 10 N–H and O–H groups in total. The highest BCUT2D eigenvalue weighted by atomic mass is 32.1. The number of unbranched alkanes of at least 4 members (excludes halogenated alkanes) is 1. The van der Waals surface area contributed by atoms with E-state index < -0.39 is 60.2 Å². The van der Waals surface area contributed by atoms with Gasteiger partial charge in [-0.1, -0.05) is 13.8 Å². The summed E-state index contributed by atoms with van der Waals surface area (Å²) in [6, 6.07) is -4.62. The Morgan fingerprint density at radius 2 is 1.44 bits per heavy atom. The lowest BCUT2D eigenvalue weighted by molar-refractivity contribution is -0.142. The average Bonchev–Trinajstić information content (AvgIpc) is 2.69. The predicted molar refractivity (Wildman–Crippen MR) is 121 cm³/mol. The summed E-state index contributed by atoms with van der Waals surface area (Å²) in [5, 5.41) is 16.4. The molecule has 0 aromatic rings. The van der Waals surface area contributed by atoms with Crippen LogP contribution in [0.25, 0.3) is 0 Å². The third-order valence-electron chi connectivity index (χ3n) is 4.48. The van der Waals surface area contributed by atoms with Crippen molar-refractivity contribution in [3.8, 4) is 0 Å². The van der Waals surface area contributed by atoms with Crippen LogP contribution in [0.5, 0.6) is 0 Å².